The third-order valence-electron chi connectivity index (χ3n) is 2.99. The minimum absolute atomic E-state index is 0.184. The number of aldehydes is 1. The van der Waals surface area contributed by atoms with Crippen LogP contribution >= 0.6 is 0 Å². The van der Waals surface area contributed by atoms with Gasteiger partial charge in [-0.25, -0.2) is 0 Å². The summed E-state index contributed by atoms with van der Waals surface area (Å²) in [5, 5.41) is 0. The van der Waals surface area contributed by atoms with Crippen LogP contribution in [0.1, 0.15) is 37.5 Å². The van der Waals surface area contributed by atoms with Gasteiger partial charge in [0.1, 0.15) is 6.29 Å². The van der Waals surface area contributed by atoms with E-state index in [9.17, 15) is 4.79 Å². The Balaban J connectivity index is 2.85. The minimum atomic E-state index is 0.184. The Morgan fingerprint density at radius 2 is 1.83 bits per heavy atom. The second-order valence-corrected chi connectivity index (χ2v) is 5.54. The fourth-order valence-corrected chi connectivity index (χ4v) is 1.74. The first-order chi connectivity index (χ1) is 8.45. The zero-order valence-electron chi connectivity index (χ0n) is 11.7. The molecule has 0 aliphatic rings. The number of allylic oxidation sites excluding steroid dienone is 4. The summed E-state index contributed by atoms with van der Waals surface area (Å²) >= 11 is 0. The number of rotatable bonds is 4. The Hall–Kier alpha value is -1.63. The highest BCUT2D eigenvalue weighted by Gasteiger charge is 2.14. The van der Waals surface area contributed by atoms with E-state index >= 15 is 0 Å². The quantitative estimate of drug-likeness (QED) is 0.440. The van der Waals surface area contributed by atoms with Gasteiger partial charge in [0.05, 0.1) is 0 Å². The number of hydrogen-bond donors (Lipinski definition) is 0. The van der Waals surface area contributed by atoms with Crippen molar-refractivity contribution in [1.29, 1.82) is 0 Å². The van der Waals surface area contributed by atoms with Crippen molar-refractivity contribution in [2.75, 3.05) is 0 Å². The van der Waals surface area contributed by atoms with Gasteiger partial charge in [-0.1, -0.05) is 57.2 Å². The Kier molecular flexibility index (Phi) is 5.08. The van der Waals surface area contributed by atoms with E-state index in [1.165, 1.54) is 22.8 Å². The highest BCUT2D eigenvalue weighted by atomic mass is 16.1. The molecule has 1 heteroatoms. The van der Waals surface area contributed by atoms with Gasteiger partial charge in [0, 0.05) is 0 Å². The van der Waals surface area contributed by atoms with Gasteiger partial charge in [-0.2, -0.15) is 0 Å². The zero-order valence-corrected chi connectivity index (χ0v) is 11.7. The maximum absolute atomic E-state index is 10.1. The summed E-state index contributed by atoms with van der Waals surface area (Å²) < 4.78 is 0. The lowest BCUT2D eigenvalue weighted by atomic mass is 9.85. The molecule has 0 aromatic heterocycles. The van der Waals surface area contributed by atoms with E-state index in [1.807, 2.05) is 6.08 Å². The second kappa shape index (κ2) is 6.34. The summed E-state index contributed by atoms with van der Waals surface area (Å²) in [7, 11) is 0. The molecule has 1 rings (SSSR count). The normalized spacial score (nSPS) is 12.4. The predicted molar refractivity (Wildman–Crippen MR) is 77.9 cm³/mol. The van der Waals surface area contributed by atoms with Crippen LogP contribution in [0.4, 0.5) is 0 Å². The van der Waals surface area contributed by atoms with Crippen LogP contribution in [0.3, 0.4) is 0 Å². The van der Waals surface area contributed by atoms with Crippen molar-refractivity contribution >= 4 is 6.29 Å². The zero-order chi connectivity index (χ0) is 13.6. The molecule has 0 atom stereocenters. The summed E-state index contributed by atoms with van der Waals surface area (Å²) in [6.07, 6.45) is 8.94. The van der Waals surface area contributed by atoms with Gasteiger partial charge in [-0.3, -0.25) is 4.79 Å². The Labute approximate surface area is 110 Å². The largest absolute Gasteiger partial charge is 0.299 e. The molecule has 0 fully saturated rings. The average Bonchev–Trinajstić information content (AvgIpc) is 2.29. The molecule has 1 nitrogen and oxygen atoms in total. The van der Waals surface area contributed by atoms with E-state index in [-0.39, 0.29) is 5.41 Å². The van der Waals surface area contributed by atoms with Crippen LogP contribution in [0.15, 0.2) is 42.5 Å². The standard InChI is InChI=1S/C17H22O/c1-14-10-11-16(17(2,3)4)13-15(14)9-7-5-6-8-12-18/h5-8,10-13H,9H2,1-4H3/b7-5+,8-6+. The number of aryl methyl sites for hydroxylation is 1. The fourth-order valence-electron chi connectivity index (χ4n) is 1.74. The van der Waals surface area contributed by atoms with Crippen LogP contribution in [-0.4, -0.2) is 6.29 Å². The van der Waals surface area contributed by atoms with Crippen molar-refractivity contribution in [1.82, 2.24) is 0 Å². The molecule has 0 N–H and O–H groups in total. The van der Waals surface area contributed by atoms with Gasteiger partial charge in [-0.05, 0) is 41.5 Å². The monoisotopic (exact) mass is 242 g/mol. The topological polar surface area (TPSA) is 17.1 Å². The maximum Gasteiger partial charge on any atom is 0.142 e. The average molecular weight is 242 g/mol. The van der Waals surface area contributed by atoms with E-state index in [2.05, 4.69) is 52.0 Å². The van der Waals surface area contributed by atoms with Gasteiger partial charge in [-0.15, -0.1) is 0 Å². The summed E-state index contributed by atoms with van der Waals surface area (Å²) in [5.74, 6) is 0. The first kappa shape index (κ1) is 14.4. The van der Waals surface area contributed by atoms with Gasteiger partial charge < -0.3 is 0 Å². The first-order valence-electron chi connectivity index (χ1n) is 6.32. The molecular weight excluding hydrogens is 220 g/mol. The predicted octanol–water partition coefficient (Wildman–Crippen LogP) is 4.15. The molecule has 1 aromatic carbocycles. The second-order valence-electron chi connectivity index (χ2n) is 5.54. The van der Waals surface area contributed by atoms with E-state index in [0.717, 1.165) is 12.7 Å². The summed E-state index contributed by atoms with van der Waals surface area (Å²) in [6, 6.07) is 6.67. The van der Waals surface area contributed by atoms with Crippen LogP contribution < -0.4 is 0 Å². The molecule has 96 valence electrons. The smallest absolute Gasteiger partial charge is 0.142 e. The van der Waals surface area contributed by atoms with Gasteiger partial charge in [0.2, 0.25) is 0 Å². The van der Waals surface area contributed by atoms with Crippen LogP contribution in [0, 0.1) is 6.92 Å². The van der Waals surface area contributed by atoms with Crippen molar-refractivity contribution in [2.45, 2.75) is 39.5 Å². The molecule has 0 spiro atoms. The molecule has 0 unspecified atom stereocenters. The molecule has 18 heavy (non-hydrogen) atoms. The Morgan fingerprint density at radius 3 is 2.44 bits per heavy atom. The molecule has 0 amide bonds. The Morgan fingerprint density at radius 1 is 1.11 bits per heavy atom. The Bertz CT molecular complexity index is 459. The van der Waals surface area contributed by atoms with E-state index in [4.69, 9.17) is 0 Å². The number of hydrogen-bond acceptors (Lipinski definition) is 1. The third-order valence-corrected chi connectivity index (χ3v) is 2.99. The summed E-state index contributed by atoms with van der Waals surface area (Å²) in [6.45, 7) is 8.81. The molecule has 0 aliphatic heterocycles. The number of carbonyl (C=O) groups is 1. The van der Waals surface area contributed by atoms with E-state index < -0.39 is 0 Å². The lowest BCUT2D eigenvalue weighted by Crippen LogP contribution is -2.11. The third kappa shape index (κ3) is 4.33. The van der Waals surface area contributed by atoms with Crippen molar-refractivity contribution in [2.24, 2.45) is 0 Å². The van der Waals surface area contributed by atoms with Crippen molar-refractivity contribution < 1.29 is 4.79 Å². The molecule has 0 saturated carbocycles. The van der Waals surface area contributed by atoms with Crippen LogP contribution in [0.5, 0.6) is 0 Å². The van der Waals surface area contributed by atoms with E-state index in [0.29, 0.717) is 0 Å². The van der Waals surface area contributed by atoms with Gasteiger partial charge >= 0.3 is 0 Å². The first-order valence-corrected chi connectivity index (χ1v) is 6.32. The molecule has 0 bridgehead atoms. The molecular formula is C17H22O. The van der Waals surface area contributed by atoms with Crippen LogP contribution in [-0.2, 0) is 16.6 Å². The highest BCUT2D eigenvalue weighted by molar-refractivity contribution is 5.65. The molecule has 0 radical (unpaired) electrons. The summed E-state index contributed by atoms with van der Waals surface area (Å²) in [5.41, 5.74) is 4.20. The van der Waals surface area contributed by atoms with Gasteiger partial charge in [0.25, 0.3) is 0 Å². The number of carbonyl (C=O) groups excluding carboxylic acids is 1. The molecule has 0 aliphatic carbocycles. The highest BCUT2D eigenvalue weighted by Crippen LogP contribution is 2.24. The fraction of sp³-hybridized carbons (Fsp3) is 0.353. The van der Waals surface area contributed by atoms with E-state index in [1.54, 1.807) is 6.08 Å². The molecule has 1 aromatic rings. The minimum Gasteiger partial charge on any atom is -0.299 e. The van der Waals surface area contributed by atoms with Crippen molar-refractivity contribution in [3.8, 4) is 0 Å². The molecule has 0 saturated heterocycles. The SMILES string of the molecule is Cc1ccc(C(C)(C)C)cc1C/C=C/C=C/C=O. The van der Waals surface area contributed by atoms with Crippen molar-refractivity contribution in [3.63, 3.8) is 0 Å². The molecule has 0 heterocycles. The maximum atomic E-state index is 10.1. The van der Waals surface area contributed by atoms with Crippen LogP contribution in [0.25, 0.3) is 0 Å². The summed E-state index contributed by atoms with van der Waals surface area (Å²) in [4.78, 5) is 10.1. The van der Waals surface area contributed by atoms with Gasteiger partial charge in [0.15, 0.2) is 0 Å². The van der Waals surface area contributed by atoms with Crippen LogP contribution in [0.2, 0.25) is 0 Å². The lowest BCUT2D eigenvalue weighted by Gasteiger charge is -2.20. The number of benzene rings is 1. The van der Waals surface area contributed by atoms with Crippen molar-refractivity contribution in [3.05, 3.63) is 59.2 Å². The lowest BCUT2D eigenvalue weighted by molar-refractivity contribution is -0.104.